The lowest BCUT2D eigenvalue weighted by molar-refractivity contribution is 0.374. The van der Waals surface area contributed by atoms with Crippen molar-refractivity contribution in [2.24, 2.45) is 4.99 Å². The third-order valence-electron chi connectivity index (χ3n) is 3.51. The minimum absolute atomic E-state index is 0.428. The van der Waals surface area contributed by atoms with Crippen LogP contribution in [0.2, 0.25) is 0 Å². The molecule has 0 aliphatic carbocycles. The Morgan fingerprint density at radius 3 is 2.96 bits per heavy atom. The van der Waals surface area contributed by atoms with Crippen LogP contribution in [0.15, 0.2) is 40.0 Å². The van der Waals surface area contributed by atoms with Crippen LogP contribution in [0, 0.1) is 0 Å². The molecule has 0 saturated carbocycles. The van der Waals surface area contributed by atoms with Crippen molar-refractivity contribution in [1.82, 2.24) is 30.4 Å². The molecule has 0 aromatic carbocycles. The van der Waals surface area contributed by atoms with Gasteiger partial charge in [0.2, 0.25) is 0 Å². The standard InChI is InChI=1S/C16H21N7O/c1-3-12-9-13(24-22-12)10-18-16(17-4-2)19-11-15-21-20-14-7-5-6-8-23(14)15/h5-9H,3-4,10-11H2,1-2H3,(H2,17,18,19). The van der Waals surface area contributed by atoms with Crippen LogP contribution >= 0.6 is 0 Å². The minimum Gasteiger partial charge on any atom is -0.359 e. The molecule has 0 atom stereocenters. The minimum atomic E-state index is 0.428. The average Bonchev–Trinajstić information content (AvgIpc) is 3.24. The normalized spacial score (nSPS) is 11.8. The number of aliphatic imine (C=N–C) groups is 1. The zero-order valence-corrected chi connectivity index (χ0v) is 13.9. The van der Waals surface area contributed by atoms with Gasteiger partial charge in [-0.1, -0.05) is 18.1 Å². The first-order valence-electron chi connectivity index (χ1n) is 8.05. The molecule has 0 unspecified atom stereocenters. The summed E-state index contributed by atoms with van der Waals surface area (Å²) < 4.78 is 7.20. The van der Waals surface area contributed by atoms with Gasteiger partial charge in [0.05, 0.1) is 12.2 Å². The molecule has 3 aromatic rings. The number of hydrogen-bond donors (Lipinski definition) is 2. The molecular weight excluding hydrogens is 306 g/mol. The summed E-state index contributed by atoms with van der Waals surface area (Å²) in [4.78, 5) is 4.56. The number of hydrogen-bond acceptors (Lipinski definition) is 5. The zero-order valence-electron chi connectivity index (χ0n) is 13.9. The van der Waals surface area contributed by atoms with Crippen molar-refractivity contribution >= 4 is 11.6 Å². The smallest absolute Gasteiger partial charge is 0.192 e. The van der Waals surface area contributed by atoms with Crippen molar-refractivity contribution in [2.75, 3.05) is 6.54 Å². The molecule has 24 heavy (non-hydrogen) atoms. The molecule has 0 bridgehead atoms. The largest absolute Gasteiger partial charge is 0.359 e. The molecule has 126 valence electrons. The summed E-state index contributed by atoms with van der Waals surface area (Å²) in [5.74, 6) is 2.26. The molecule has 0 spiro atoms. The van der Waals surface area contributed by atoms with E-state index in [0.29, 0.717) is 19.0 Å². The maximum absolute atomic E-state index is 5.27. The Balaban J connectivity index is 1.66. The fraction of sp³-hybridized carbons (Fsp3) is 0.375. The molecule has 8 nitrogen and oxygen atoms in total. The summed E-state index contributed by atoms with van der Waals surface area (Å²) in [5.41, 5.74) is 1.76. The van der Waals surface area contributed by atoms with E-state index in [1.165, 1.54) is 0 Å². The van der Waals surface area contributed by atoms with E-state index in [0.717, 1.165) is 35.9 Å². The number of nitrogens with zero attached hydrogens (tertiary/aromatic N) is 5. The highest BCUT2D eigenvalue weighted by Crippen LogP contribution is 2.05. The van der Waals surface area contributed by atoms with Crippen LogP contribution < -0.4 is 10.6 Å². The summed E-state index contributed by atoms with van der Waals surface area (Å²) in [5, 5.41) is 18.7. The average molecular weight is 327 g/mol. The summed E-state index contributed by atoms with van der Waals surface area (Å²) in [6.07, 6.45) is 2.79. The van der Waals surface area contributed by atoms with Gasteiger partial charge in [0.25, 0.3) is 0 Å². The molecule has 8 heteroatoms. The van der Waals surface area contributed by atoms with Crippen LogP contribution in [0.1, 0.15) is 31.1 Å². The van der Waals surface area contributed by atoms with E-state index in [1.807, 2.05) is 48.7 Å². The molecule has 3 heterocycles. The molecule has 0 saturated heterocycles. The Kier molecular flexibility index (Phi) is 5.05. The number of nitrogens with one attached hydrogen (secondary N) is 2. The van der Waals surface area contributed by atoms with Crippen molar-refractivity contribution in [3.05, 3.63) is 47.7 Å². The Morgan fingerprint density at radius 2 is 2.17 bits per heavy atom. The fourth-order valence-corrected chi connectivity index (χ4v) is 2.27. The molecule has 0 fully saturated rings. The van der Waals surface area contributed by atoms with Crippen LogP contribution in [0.3, 0.4) is 0 Å². The van der Waals surface area contributed by atoms with Gasteiger partial charge in [-0.25, -0.2) is 4.99 Å². The van der Waals surface area contributed by atoms with Gasteiger partial charge in [-0.05, 0) is 25.5 Å². The first-order chi connectivity index (χ1) is 11.8. The van der Waals surface area contributed by atoms with Gasteiger partial charge < -0.3 is 15.2 Å². The van der Waals surface area contributed by atoms with Gasteiger partial charge in [-0.15, -0.1) is 10.2 Å². The van der Waals surface area contributed by atoms with E-state index in [-0.39, 0.29) is 0 Å². The van der Waals surface area contributed by atoms with Gasteiger partial charge in [-0.3, -0.25) is 4.40 Å². The highest BCUT2D eigenvalue weighted by atomic mass is 16.5. The van der Waals surface area contributed by atoms with Crippen molar-refractivity contribution in [3.8, 4) is 0 Å². The Morgan fingerprint density at radius 1 is 1.25 bits per heavy atom. The van der Waals surface area contributed by atoms with Crippen molar-refractivity contribution in [2.45, 2.75) is 33.4 Å². The van der Waals surface area contributed by atoms with E-state index in [4.69, 9.17) is 4.52 Å². The topological polar surface area (TPSA) is 92.6 Å². The van der Waals surface area contributed by atoms with Crippen LogP contribution in [0.4, 0.5) is 0 Å². The molecule has 0 aliphatic rings. The van der Waals surface area contributed by atoms with Crippen molar-refractivity contribution in [1.29, 1.82) is 0 Å². The highest BCUT2D eigenvalue weighted by molar-refractivity contribution is 5.79. The Bertz CT molecular complexity index is 821. The first kappa shape index (κ1) is 16.0. The van der Waals surface area contributed by atoms with E-state index in [9.17, 15) is 0 Å². The quantitative estimate of drug-likeness (QED) is 0.527. The second-order valence-corrected chi connectivity index (χ2v) is 5.23. The van der Waals surface area contributed by atoms with Crippen molar-refractivity contribution < 1.29 is 4.52 Å². The second kappa shape index (κ2) is 7.58. The number of aryl methyl sites for hydroxylation is 1. The molecule has 0 amide bonds. The van der Waals surface area contributed by atoms with Crippen molar-refractivity contribution in [3.63, 3.8) is 0 Å². The molecule has 0 radical (unpaired) electrons. The number of pyridine rings is 1. The summed E-state index contributed by atoms with van der Waals surface area (Å²) in [6.45, 7) is 5.79. The number of guanidine groups is 1. The molecular formula is C16H21N7O. The molecule has 3 aromatic heterocycles. The van der Waals surface area contributed by atoms with Gasteiger partial charge in [-0.2, -0.15) is 0 Å². The van der Waals surface area contributed by atoms with Crippen LogP contribution in [-0.2, 0) is 19.5 Å². The summed E-state index contributed by atoms with van der Waals surface area (Å²) in [7, 11) is 0. The van der Waals surface area contributed by atoms with Crippen LogP contribution in [0.5, 0.6) is 0 Å². The monoisotopic (exact) mass is 327 g/mol. The zero-order chi connectivity index (χ0) is 16.8. The molecule has 0 aliphatic heterocycles. The van der Waals surface area contributed by atoms with E-state index < -0.39 is 0 Å². The second-order valence-electron chi connectivity index (χ2n) is 5.23. The van der Waals surface area contributed by atoms with E-state index in [2.05, 4.69) is 31.0 Å². The van der Waals surface area contributed by atoms with Crippen LogP contribution in [0.25, 0.3) is 5.65 Å². The third kappa shape index (κ3) is 3.70. The van der Waals surface area contributed by atoms with Gasteiger partial charge in [0, 0.05) is 18.8 Å². The predicted octanol–water partition coefficient (Wildman–Crippen LogP) is 1.53. The summed E-state index contributed by atoms with van der Waals surface area (Å²) >= 11 is 0. The third-order valence-corrected chi connectivity index (χ3v) is 3.51. The Hall–Kier alpha value is -2.90. The lowest BCUT2D eigenvalue weighted by Gasteiger charge is -2.09. The fourth-order valence-electron chi connectivity index (χ4n) is 2.27. The van der Waals surface area contributed by atoms with Crippen LogP contribution in [-0.4, -0.2) is 32.3 Å². The van der Waals surface area contributed by atoms with Gasteiger partial charge in [0.1, 0.15) is 6.54 Å². The maximum Gasteiger partial charge on any atom is 0.192 e. The lowest BCUT2D eigenvalue weighted by atomic mass is 10.3. The SMILES string of the molecule is CCNC(=NCc1nnc2ccccn12)NCc1cc(CC)no1. The summed E-state index contributed by atoms with van der Waals surface area (Å²) in [6, 6.07) is 7.74. The number of aromatic nitrogens is 4. The van der Waals surface area contributed by atoms with Gasteiger partial charge in [0.15, 0.2) is 23.2 Å². The first-order valence-corrected chi connectivity index (χ1v) is 8.05. The maximum atomic E-state index is 5.27. The number of fused-ring (bicyclic) bond motifs is 1. The molecule has 3 rings (SSSR count). The number of rotatable bonds is 6. The Labute approximate surface area is 140 Å². The predicted molar refractivity (Wildman–Crippen MR) is 90.5 cm³/mol. The lowest BCUT2D eigenvalue weighted by Crippen LogP contribution is -2.36. The molecule has 2 N–H and O–H groups in total. The van der Waals surface area contributed by atoms with Gasteiger partial charge >= 0.3 is 0 Å². The van der Waals surface area contributed by atoms with E-state index >= 15 is 0 Å². The van der Waals surface area contributed by atoms with E-state index in [1.54, 1.807) is 0 Å². The highest BCUT2D eigenvalue weighted by Gasteiger charge is 2.06.